The summed E-state index contributed by atoms with van der Waals surface area (Å²) in [6, 6.07) is 0. The molecule has 0 unspecified atom stereocenters. The third kappa shape index (κ3) is 1.89. The van der Waals surface area contributed by atoms with Gasteiger partial charge >= 0.3 is 0 Å². The number of halogens is 1. The lowest BCUT2D eigenvalue weighted by Gasteiger charge is -2.12. The molecule has 3 rings (SSSR count). The van der Waals surface area contributed by atoms with Crippen molar-refractivity contribution in [2.75, 3.05) is 12.4 Å². The Morgan fingerprint density at radius 3 is 3.18 bits per heavy atom. The fourth-order valence-corrected chi connectivity index (χ4v) is 2.83. The summed E-state index contributed by atoms with van der Waals surface area (Å²) in [4.78, 5) is 12.2. The van der Waals surface area contributed by atoms with Gasteiger partial charge in [0.1, 0.15) is 23.5 Å². The molecule has 6 nitrogen and oxygen atoms in total. The summed E-state index contributed by atoms with van der Waals surface area (Å²) in [7, 11) is 0. The van der Waals surface area contributed by atoms with Crippen LogP contribution in [0, 0.1) is 0 Å². The summed E-state index contributed by atoms with van der Waals surface area (Å²) in [6.45, 7) is 0.00351. The number of imidazole rings is 1. The van der Waals surface area contributed by atoms with Gasteiger partial charge in [-0.3, -0.25) is 4.57 Å². The highest BCUT2D eigenvalue weighted by molar-refractivity contribution is 8.00. The van der Waals surface area contributed by atoms with Gasteiger partial charge in [-0.2, -0.15) is 0 Å². The van der Waals surface area contributed by atoms with Gasteiger partial charge in [0.25, 0.3) is 0 Å². The van der Waals surface area contributed by atoms with E-state index in [0.717, 1.165) is 5.75 Å². The van der Waals surface area contributed by atoms with Crippen LogP contribution in [0.15, 0.2) is 12.7 Å². The summed E-state index contributed by atoms with van der Waals surface area (Å²) in [6.07, 6.45) is 2.86. The fourth-order valence-electron chi connectivity index (χ4n) is 1.72. The number of hydrogen-bond acceptors (Lipinski definition) is 6. The highest BCUT2D eigenvalue weighted by Crippen LogP contribution is 2.33. The molecule has 1 aliphatic heterocycles. The lowest BCUT2D eigenvalue weighted by molar-refractivity contribution is -0.00191. The van der Waals surface area contributed by atoms with Gasteiger partial charge in [-0.25, -0.2) is 15.0 Å². The van der Waals surface area contributed by atoms with Crippen LogP contribution in [-0.2, 0) is 4.74 Å². The molecule has 17 heavy (non-hydrogen) atoms. The minimum absolute atomic E-state index is 0.00351. The largest absolute Gasteiger partial charge is 0.393 e. The zero-order valence-corrected chi connectivity index (χ0v) is 10.2. The molecule has 2 aromatic rings. The Kier molecular flexibility index (Phi) is 2.91. The monoisotopic (exact) mass is 272 g/mol. The molecule has 1 fully saturated rings. The molecule has 0 radical (unpaired) electrons. The molecule has 0 aliphatic carbocycles. The predicted molar refractivity (Wildman–Crippen MR) is 63.8 cm³/mol. The van der Waals surface area contributed by atoms with Crippen LogP contribution < -0.4 is 0 Å². The molecule has 0 amide bonds. The van der Waals surface area contributed by atoms with Crippen LogP contribution in [0.3, 0.4) is 0 Å². The first-order valence-electron chi connectivity index (χ1n) is 5.00. The SMILES string of the molecule is OC[C@@H]1O[C@@H](n2cnc3c(Cl)ncnc32)CS1. The maximum atomic E-state index is 9.02. The van der Waals surface area contributed by atoms with Crippen molar-refractivity contribution in [3.63, 3.8) is 0 Å². The Hall–Kier alpha value is -0.890. The van der Waals surface area contributed by atoms with Crippen molar-refractivity contribution in [3.05, 3.63) is 17.8 Å². The molecule has 0 spiro atoms. The molecule has 0 saturated carbocycles. The van der Waals surface area contributed by atoms with E-state index in [1.807, 2.05) is 4.57 Å². The topological polar surface area (TPSA) is 73.1 Å². The highest BCUT2D eigenvalue weighted by Gasteiger charge is 2.28. The maximum Gasteiger partial charge on any atom is 0.166 e. The number of aliphatic hydroxyl groups excluding tert-OH is 1. The van der Waals surface area contributed by atoms with Crippen molar-refractivity contribution >= 4 is 34.5 Å². The number of aliphatic hydroxyl groups is 1. The number of nitrogens with zero attached hydrogens (tertiary/aromatic N) is 4. The number of hydrogen-bond donors (Lipinski definition) is 1. The quantitative estimate of drug-likeness (QED) is 0.824. The molecular weight excluding hydrogens is 264 g/mol. The van der Waals surface area contributed by atoms with Crippen LogP contribution >= 0.6 is 23.4 Å². The summed E-state index contributed by atoms with van der Waals surface area (Å²) >= 11 is 7.48. The van der Waals surface area contributed by atoms with E-state index in [4.69, 9.17) is 21.4 Å². The Bertz CT molecular complexity index is 549. The van der Waals surface area contributed by atoms with Gasteiger partial charge in [0.05, 0.1) is 12.9 Å². The number of ether oxygens (including phenoxy) is 1. The van der Waals surface area contributed by atoms with E-state index in [1.165, 1.54) is 6.33 Å². The zero-order chi connectivity index (χ0) is 11.8. The summed E-state index contributed by atoms with van der Waals surface area (Å²) in [5.74, 6) is 0.748. The lowest BCUT2D eigenvalue weighted by Crippen LogP contribution is -2.14. The predicted octanol–water partition coefficient (Wildman–Crippen LogP) is 1.06. The Morgan fingerprint density at radius 2 is 2.41 bits per heavy atom. The third-order valence-corrected chi connectivity index (χ3v) is 3.89. The van der Waals surface area contributed by atoms with Crippen molar-refractivity contribution in [1.29, 1.82) is 0 Å². The number of thioether (sulfide) groups is 1. The van der Waals surface area contributed by atoms with E-state index >= 15 is 0 Å². The van der Waals surface area contributed by atoms with Crippen LogP contribution in [-0.4, -0.2) is 42.4 Å². The molecule has 8 heteroatoms. The molecule has 0 aromatic carbocycles. The standard InChI is InChI=1S/C9H9ClN4O2S/c10-8-7-9(12-3-11-8)14(4-13-7)5-2-17-6(1-15)16-5/h3-6,15H,1-2H2/t5-,6-/m1/s1. The summed E-state index contributed by atoms with van der Waals surface area (Å²) in [5.41, 5.74) is 1.03. The first-order chi connectivity index (χ1) is 8.29. The average Bonchev–Trinajstić information content (AvgIpc) is 2.94. The van der Waals surface area contributed by atoms with Crippen molar-refractivity contribution in [3.8, 4) is 0 Å². The minimum atomic E-state index is -0.185. The van der Waals surface area contributed by atoms with Gasteiger partial charge in [-0.05, 0) is 0 Å². The molecule has 90 valence electrons. The van der Waals surface area contributed by atoms with Gasteiger partial charge in [-0.1, -0.05) is 11.6 Å². The first kappa shape index (κ1) is 11.2. The molecule has 2 aromatic heterocycles. The average molecular weight is 273 g/mol. The van der Waals surface area contributed by atoms with E-state index in [-0.39, 0.29) is 18.3 Å². The van der Waals surface area contributed by atoms with E-state index in [1.54, 1.807) is 18.1 Å². The van der Waals surface area contributed by atoms with Crippen molar-refractivity contribution in [2.45, 2.75) is 11.7 Å². The van der Waals surface area contributed by atoms with Crippen LogP contribution in [0.4, 0.5) is 0 Å². The second-order valence-electron chi connectivity index (χ2n) is 3.52. The molecule has 0 bridgehead atoms. The van der Waals surface area contributed by atoms with E-state index in [2.05, 4.69) is 15.0 Å². The lowest BCUT2D eigenvalue weighted by atomic mass is 10.5. The summed E-state index contributed by atoms with van der Waals surface area (Å²) < 4.78 is 7.45. The van der Waals surface area contributed by atoms with Gasteiger partial charge < -0.3 is 9.84 Å². The molecule has 1 saturated heterocycles. The highest BCUT2D eigenvalue weighted by atomic mass is 35.5. The molecule has 1 aliphatic rings. The van der Waals surface area contributed by atoms with Crippen LogP contribution in [0.1, 0.15) is 6.23 Å². The molecule has 3 heterocycles. The molecular formula is C9H9ClN4O2S. The van der Waals surface area contributed by atoms with Gasteiger partial charge in [0.2, 0.25) is 0 Å². The van der Waals surface area contributed by atoms with Crippen molar-refractivity contribution < 1.29 is 9.84 Å². The number of aromatic nitrogens is 4. The van der Waals surface area contributed by atoms with Crippen LogP contribution in [0.25, 0.3) is 11.2 Å². The summed E-state index contributed by atoms with van der Waals surface area (Å²) in [5, 5.41) is 9.35. The van der Waals surface area contributed by atoms with E-state index in [0.29, 0.717) is 16.3 Å². The van der Waals surface area contributed by atoms with Crippen LogP contribution in [0.5, 0.6) is 0 Å². The Labute approximate surface area is 106 Å². The van der Waals surface area contributed by atoms with E-state index in [9.17, 15) is 0 Å². The number of fused-ring (bicyclic) bond motifs is 1. The molecule has 2 atom stereocenters. The minimum Gasteiger partial charge on any atom is -0.393 e. The normalized spacial score (nSPS) is 24.6. The van der Waals surface area contributed by atoms with Gasteiger partial charge in [0.15, 0.2) is 10.8 Å². The molecule has 1 N–H and O–H groups in total. The smallest absolute Gasteiger partial charge is 0.166 e. The van der Waals surface area contributed by atoms with Crippen molar-refractivity contribution in [1.82, 2.24) is 19.5 Å². The van der Waals surface area contributed by atoms with Crippen molar-refractivity contribution in [2.24, 2.45) is 0 Å². The Morgan fingerprint density at radius 1 is 1.53 bits per heavy atom. The second kappa shape index (κ2) is 4.41. The zero-order valence-electron chi connectivity index (χ0n) is 8.65. The fraction of sp³-hybridized carbons (Fsp3) is 0.444. The first-order valence-corrected chi connectivity index (χ1v) is 6.43. The third-order valence-electron chi connectivity index (χ3n) is 2.51. The maximum absolute atomic E-state index is 9.02. The van der Waals surface area contributed by atoms with Gasteiger partial charge in [-0.15, -0.1) is 11.8 Å². The van der Waals surface area contributed by atoms with Gasteiger partial charge in [0, 0.05) is 5.75 Å². The number of rotatable bonds is 2. The Balaban J connectivity index is 1.99. The second-order valence-corrected chi connectivity index (χ2v) is 5.08. The van der Waals surface area contributed by atoms with Crippen LogP contribution in [0.2, 0.25) is 5.15 Å². The van der Waals surface area contributed by atoms with E-state index < -0.39 is 0 Å².